The normalized spacial score (nSPS) is 12.3. The molecule has 1 N–H and O–H groups in total. The van der Waals surface area contributed by atoms with Gasteiger partial charge in [0.05, 0.1) is 12.9 Å². The lowest BCUT2D eigenvalue weighted by Crippen LogP contribution is -2.19. The number of nitrogens with one attached hydrogen (secondary N) is 1. The summed E-state index contributed by atoms with van der Waals surface area (Å²) in [6, 6.07) is 6.45. The average molecular weight is 338 g/mol. The zero-order chi connectivity index (χ0) is 14.4. The van der Waals surface area contributed by atoms with E-state index in [1.165, 1.54) is 5.56 Å². The fourth-order valence-electron chi connectivity index (χ4n) is 2.09. The summed E-state index contributed by atoms with van der Waals surface area (Å²) < 4.78 is 8.98. The molecule has 20 heavy (non-hydrogen) atoms. The zero-order valence-corrected chi connectivity index (χ0v) is 13.4. The number of aromatic nitrogens is 2. The second kappa shape index (κ2) is 7.45. The van der Waals surface area contributed by atoms with E-state index in [-0.39, 0.29) is 6.04 Å². The molecule has 0 saturated carbocycles. The van der Waals surface area contributed by atoms with Crippen LogP contribution in [0.1, 0.15) is 25.5 Å². The van der Waals surface area contributed by atoms with Crippen LogP contribution in [-0.2, 0) is 6.54 Å². The number of imidazole rings is 1. The van der Waals surface area contributed by atoms with Gasteiger partial charge in [-0.1, -0.05) is 28.9 Å². The van der Waals surface area contributed by atoms with E-state index in [1.54, 1.807) is 12.5 Å². The van der Waals surface area contributed by atoms with Crippen molar-refractivity contribution in [3.05, 3.63) is 47.0 Å². The molecule has 0 fully saturated rings. The number of halogens is 1. The highest BCUT2D eigenvalue weighted by Crippen LogP contribution is 2.28. The van der Waals surface area contributed by atoms with Gasteiger partial charge in [0.15, 0.2) is 0 Å². The van der Waals surface area contributed by atoms with Crippen LogP contribution in [0.4, 0.5) is 0 Å². The highest BCUT2D eigenvalue weighted by molar-refractivity contribution is 9.10. The summed E-state index contributed by atoms with van der Waals surface area (Å²) in [5.41, 5.74) is 1.18. The number of ether oxygens (including phenoxy) is 1. The van der Waals surface area contributed by atoms with Crippen LogP contribution in [0.5, 0.6) is 5.75 Å². The minimum Gasteiger partial charge on any atom is -0.491 e. The van der Waals surface area contributed by atoms with Gasteiger partial charge in [-0.05, 0) is 25.6 Å². The molecule has 1 unspecified atom stereocenters. The van der Waals surface area contributed by atoms with Gasteiger partial charge < -0.3 is 14.6 Å². The molecule has 0 aliphatic rings. The third-order valence-electron chi connectivity index (χ3n) is 3.12. The maximum Gasteiger partial charge on any atom is 0.125 e. The van der Waals surface area contributed by atoms with Gasteiger partial charge in [-0.2, -0.15) is 0 Å². The van der Waals surface area contributed by atoms with Gasteiger partial charge in [0.25, 0.3) is 0 Å². The minimum absolute atomic E-state index is 0.274. The first-order valence-electron chi connectivity index (χ1n) is 6.82. The van der Waals surface area contributed by atoms with Gasteiger partial charge >= 0.3 is 0 Å². The Morgan fingerprint density at radius 3 is 3.00 bits per heavy atom. The number of hydrogen-bond donors (Lipinski definition) is 1. The maximum atomic E-state index is 5.94. The molecule has 0 radical (unpaired) electrons. The number of hydrogen-bond acceptors (Lipinski definition) is 3. The summed E-state index contributed by atoms with van der Waals surface area (Å²) in [6.07, 6.45) is 5.51. The van der Waals surface area contributed by atoms with Gasteiger partial charge in [-0.15, -0.1) is 0 Å². The van der Waals surface area contributed by atoms with Crippen LogP contribution < -0.4 is 10.1 Å². The van der Waals surface area contributed by atoms with E-state index < -0.39 is 0 Å². The largest absolute Gasteiger partial charge is 0.491 e. The molecule has 0 aliphatic carbocycles. The highest BCUT2D eigenvalue weighted by atomic mass is 79.9. The van der Waals surface area contributed by atoms with E-state index in [9.17, 15) is 0 Å². The number of benzene rings is 1. The third kappa shape index (κ3) is 4.08. The van der Waals surface area contributed by atoms with Crippen molar-refractivity contribution < 1.29 is 4.74 Å². The number of nitrogens with zero attached hydrogens (tertiary/aromatic N) is 2. The van der Waals surface area contributed by atoms with E-state index in [1.807, 2.05) is 22.9 Å². The molecule has 2 aromatic rings. The van der Waals surface area contributed by atoms with Crippen LogP contribution in [0.15, 0.2) is 41.4 Å². The number of rotatable bonds is 7. The smallest absolute Gasteiger partial charge is 0.125 e. The highest BCUT2D eigenvalue weighted by Gasteiger charge is 2.11. The van der Waals surface area contributed by atoms with Crippen molar-refractivity contribution in [1.29, 1.82) is 0 Å². The van der Waals surface area contributed by atoms with Gasteiger partial charge in [0.2, 0.25) is 0 Å². The molecule has 5 heteroatoms. The lowest BCUT2D eigenvalue weighted by atomic mass is 10.1. The SMILES string of the molecule is CCNC(C)c1ccc(Br)cc1OCCn1ccnc1. The van der Waals surface area contributed by atoms with Gasteiger partial charge in [-0.25, -0.2) is 4.98 Å². The lowest BCUT2D eigenvalue weighted by molar-refractivity contribution is 0.292. The Bertz CT molecular complexity index is 528. The van der Waals surface area contributed by atoms with Crippen molar-refractivity contribution in [2.24, 2.45) is 0 Å². The molecule has 1 heterocycles. The van der Waals surface area contributed by atoms with Crippen LogP contribution in [0, 0.1) is 0 Å². The molecule has 0 bridgehead atoms. The third-order valence-corrected chi connectivity index (χ3v) is 3.61. The molecule has 1 aromatic carbocycles. The van der Waals surface area contributed by atoms with Crippen molar-refractivity contribution in [3.8, 4) is 5.75 Å². The molecule has 1 atom stereocenters. The summed E-state index contributed by atoms with van der Waals surface area (Å²) in [5.74, 6) is 0.924. The molecular formula is C15H20BrN3O. The van der Waals surface area contributed by atoms with Crippen molar-refractivity contribution in [2.45, 2.75) is 26.4 Å². The van der Waals surface area contributed by atoms with Gasteiger partial charge in [-0.3, -0.25) is 0 Å². The van der Waals surface area contributed by atoms with E-state index >= 15 is 0 Å². The van der Waals surface area contributed by atoms with Crippen molar-refractivity contribution >= 4 is 15.9 Å². The molecule has 108 valence electrons. The lowest BCUT2D eigenvalue weighted by Gasteiger charge is -2.18. The van der Waals surface area contributed by atoms with Gasteiger partial charge in [0, 0.05) is 28.5 Å². The molecule has 4 nitrogen and oxygen atoms in total. The molecule has 0 amide bonds. The topological polar surface area (TPSA) is 39.1 Å². The Kier molecular flexibility index (Phi) is 5.61. The zero-order valence-electron chi connectivity index (χ0n) is 11.8. The first kappa shape index (κ1) is 15.1. The van der Waals surface area contributed by atoms with Crippen LogP contribution in [0.25, 0.3) is 0 Å². The molecule has 1 aromatic heterocycles. The van der Waals surface area contributed by atoms with E-state index in [0.717, 1.165) is 23.3 Å². The van der Waals surface area contributed by atoms with Crippen molar-refractivity contribution in [2.75, 3.05) is 13.2 Å². The first-order valence-corrected chi connectivity index (χ1v) is 7.61. The average Bonchev–Trinajstić information content (AvgIpc) is 2.92. The van der Waals surface area contributed by atoms with Gasteiger partial charge in [0.1, 0.15) is 12.4 Å². The summed E-state index contributed by atoms with van der Waals surface area (Å²) in [6.45, 7) is 6.61. The summed E-state index contributed by atoms with van der Waals surface area (Å²) >= 11 is 3.50. The second-order valence-electron chi connectivity index (χ2n) is 4.61. The fraction of sp³-hybridized carbons (Fsp3) is 0.400. The maximum absolute atomic E-state index is 5.94. The quantitative estimate of drug-likeness (QED) is 0.841. The second-order valence-corrected chi connectivity index (χ2v) is 5.53. The Labute approximate surface area is 128 Å². The Morgan fingerprint density at radius 2 is 2.30 bits per heavy atom. The first-order chi connectivity index (χ1) is 9.70. The van der Waals surface area contributed by atoms with Crippen LogP contribution >= 0.6 is 15.9 Å². The minimum atomic E-state index is 0.274. The summed E-state index contributed by atoms with van der Waals surface area (Å²) in [7, 11) is 0. The van der Waals surface area contributed by atoms with Crippen molar-refractivity contribution in [3.63, 3.8) is 0 Å². The predicted octanol–water partition coefficient (Wildman–Crippen LogP) is 3.40. The Balaban J connectivity index is 2.03. The van der Waals surface area contributed by atoms with Crippen LogP contribution in [-0.4, -0.2) is 22.7 Å². The summed E-state index contributed by atoms with van der Waals surface area (Å²) in [4.78, 5) is 4.02. The Hall–Kier alpha value is -1.33. The monoisotopic (exact) mass is 337 g/mol. The Morgan fingerprint density at radius 1 is 1.45 bits per heavy atom. The molecule has 0 spiro atoms. The van der Waals surface area contributed by atoms with E-state index in [2.05, 4.69) is 46.1 Å². The molecule has 0 aliphatic heterocycles. The molecule has 0 saturated heterocycles. The van der Waals surface area contributed by atoms with E-state index in [0.29, 0.717) is 6.61 Å². The van der Waals surface area contributed by atoms with E-state index in [4.69, 9.17) is 4.74 Å². The van der Waals surface area contributed by atoms with Crippen LogP contribution in [0.3, 0.4) is 0 Å². The predicted molar refractivity (Wildman–Crippen MR) is 84.0 cm³/mol. The molecular weight excluding hydrogens is 318 g/mol. The fourth-order valence-corrected chi connectivity index (χ4v) is 2.43. The van der Waals surface area contributed by atoms with Crippen LogP contribution in [0.2, 0.25) is 0 Å². The summed E-state index contributed by atoms with van der Waals surface area (Å²) in [5, 5.41) is 3.42. The standard InChI is InChI=1S/C15H20BrN3O/c1-3-18-12(2)14-5-4-13(16)10-15(14)20-9-8-19-7-6-17-11-19/h4-7,10-12,18H,3,8-9H2,1-2H3. The van der Waals surface area contributed by atoms with Crippen molar-refractivity contribution in [1.82, 2.24) is 14.9 Å². The molecule has 2 rings (SSSR count).